The zero-order valence-corrected chi connectivity index (χ0v) is 8.97. The van der Waals surface area contributed by atoms with Crippen molar-refractivity contribution in [1.82, 2.24) is 5.32 Å². The molecular formula is C9H16N2O5. The SMILES string of the molecule is CC(CNC(=O)C(N)CC(=O)O)CC(=O)O. The van der Waals surface area contributed by atoms with E-state index in [9.17, 15) is 14.4 Å². The van der Waals surface area contributed by atoms with Gasteiger partial charge in [-0.25, -0.2) is 0 Å². The molecule has 2 unspecified atom stereocenters. The molecule has 2 atom stereocenters. The van der Waals surface area contributed by atoms with Crippen LogP contribution in [0.1, 0.15) is 19.8 Å². The number of carbonyl (C=O) groups excluding carboxylic acids is 1. The Kier molecular flexibility index (Phi) is 6.09. The molecule has 16 heavy (non-hydrogen) atoms. The highest BCUT2D eigenvalue weighted by Crippen LogP contribution is 1.99. The molecule has 0 bridgehead atoms. The number of rotatable bonds is 7. The van der Waals surface area contributed by atoms with Crippen LogP contribution in [0.4, 0.5) is 0 Å². The van der Waals surface area contributed by atoms with Crippen LogP contribution in [-0.4, -0.2) is 40.6 Å². The smallest absolute Gasteiger partial charge is 0.305 e. The van der Waals surface area contributed by atoms with Gasteiger partial charge in [0, 0.05) is 13.0 Å². The molecule has 0 fully saturated rings. The minimum Gasteiger partial charge on any atom is -0.481 e. The quantitative estimate of drug-likeness (QED) is 0.446. The van der Waals surface area contributed by atoms with Crippen molar-refractivity contribution in [3.8, 4) is 0 Å². The number of carbonyl (C=O) groups is 3. The topological polar surface area (TPSA) is 130 Å². The number of carboxylic acids is 2. The Balaban J connectivity index is 3.88. The summed E-state index contributed by atoms with van der Waals surface area (Å²) >= 11 is 0. The molecule has 0 heterocycles. The minimum atomic E-state index is -1.15. The summed E-state index contributed by atoms with van der Waals surface area (Å²) in [6.45, 7) is 1.83. The molecule has 0 aromatic rings. The van der Waals surface area contributed by atoms with E-state index in [0.717, 1.165) is 0 Å². The average molecular weight is 232 g/mol. The fourth-order valence-electron chi connectivity index (χ4n) is 1.06. The van der Waals surface area contributed by atoms with Crippen LogP contribution in [0.2, 0.25) is 0 Å². The van der Waals surface area contributed by atoms with Gasteiger partial charge in [-0.05, 0) is 5.92 Å². The predicted molar refractivity (Wildman–Crippen MR) is 54.7 cm³/mol. The van der Waals surface area contributed by atoms with Crippen molar-refractivity contribution in [3.05, 3.63) is 0 Å². The van der Waals surface area contributed by atoms with Gasteiger partial charge in [0.15, 0.2) is 0 Å². The number of nitrogens with two attached hydrogens (primary N) is 1. The van der Waals surface area contributed by atoms with Crippen molar-refractivity contribution in [2.75, 3.05) is 6.54 Å². The Labute approximate surface area is 92.6 Å². The molecule has 0 saturated heterocycles. The molecule has 7 nitrogen and oxygen atoms in total. The highest BCUT2D eigenvalue weighted by molar-refractivity contribution is 5.85. The van der Waals surface area contributed by atoms with Gasteiger partial charge < -0.3 is 21.3 Å². The normalized spacial score (nSPS) is 13.9. The highest BCUT2D eigenvalue weighted by atomic mass is 16.4. The predicted octanol–water partition coefficient (Wildman–Crippen LogP) is -0.985. The van der Waals surface area contributed by atoms with Crippen LogP contribution in [-0.2, 0) is 14.4 Å². The van der Waals surface area contributed by atoms with Gasteiger partial charge in [-0.2, -0.15) is 0 Å². The molecule has 5 N–H and O–H groups in total. The average Bonchev–Trinajstić information content (AvgIpc) is 2.11. The van der Waals surface area contributed by atoms with Gasteiger partial charge in [0.2, 0.25) is 5.91 Å². The van der Waals surface area contributed by atoms with E-state index in [-0.39, 0.29) is 18.9 Å². The molecule has 0 radical (unpaired) electrons. The van der Waals surface area contributed by atoms with Crippen LogP contribution in [0.3, 0.4) is 0 Å². The van der Waals surface area contributed by atoms with Gasteiger partial charge in [0.25, 0.3) is 0 Å². The van der Waals surface area contributed by atoms with Crippen molar-refractivity contribution < 1.29 is 24.6 Å². The Morgan fingerprint density at radius 2 is 1.69 bits per heavy atom. The summed E-state index contributed by atoms with van der Waals surface area (Å²) in [6.07, 6.45) is -0.506. The summed E-state index contributed by atoms with van der Waals surface area (Å²) in [5.74, 6) is -2.91. The van der Waals surface area contributed by atoms with Gasteiger partial charge >= 0.3 is 11.9 Å². The lowest BCUT2D eigenvalue weighted by molar-refractivity contribution is -0.139. The van der Waals surface area contributed by atoms with Crippen LogP contribution >= 0.6 is 0 Å². The number of hydrogen-bond acceptors (Lipinski definition) is 4. The van der Waals surface area contributed by atoms with Gasteiger partial charge in [-0.3, -0.25) is 14.4 Å². The Hall–Kier alpha value is -1.63. The standard InChI is InChI=1S/C9H16N2O5/c1-5(2-7(12)13)4-11-9(16)6(10)3-8(14)15/h5-6H,2-4,10H2,1H3,(H,11,16)(H,12,13)(H,14,15). The number of carboxylic acid groups (broad SMARTS) is 2. The second-order valence-electron chi connectivity index (χ2n) is 3.65. The van der Waals surface area contributed by atoms with Gasteiger partial charge in [0.1, 0.15) is 0 Å². The summed E-state index contributed by atoms with van der Waals surface area (Å²) in [7, 11) is 0. The first-order valence-corrected chi connectivity index (χ1v) is 4.79. The summed E-state index contributed by atoms with van der Waals surface area (Å²) in [4.78, 5) is 31.8. The van der Waals surface area contributed by atoms with E-state index in [2.05, 4.69) is 5.32 Å². The Morgan fingerprint density at radius 3 is 2.12 bits per heavy atom. The van der Waals surface area contributed by atoms with Gasteiger partial charge in [-0.15, -0.1) is 0 Å². The number of nitrogens with one attached hydrogen (secondary N) is 1. The molecule has 0 aromatic heterocycles. The van der Waals surface area contributed by atoms with E-state index in [1.807, 2.05) is 0 Å². The molecule has 0 spiro atoms. The molecule has 0 rings (SSSR count). The number of amides is 1. The number of hydrogen-bond donors (Lipinski definition) is 4. The van der Waals surface area contributed by atoms with E-state index in [1.54, 1.807) is 6.92 Å². The van der Waals surface area contributed by atoms with Crippen LogP contribution in [0, 0.1) is 5.92 Å². The molecule has 0 aliphatic rings. The zero-order chi connectivity index (χ0) is 12.7. The van der Waals surface area contributed by atoms with E-state index in [4.69, 9.17) is 15.9 Å². The van der Waals surface area contributed by atoms with Crippen molar-refractivity contribution in [2.45, 2.75) is 25.8 Å². The molecule has 7 heteroatoms. The molecular weight excluding hydrogens is 216 g/mol. The van der Waals surface area contributed by atoms with Crippen molar-refractivity contribution in [2.24, 2.45) is 11.7 Å². The zero-order valence-electron chi connectivity index (χ0n) is 8.97. The van der Waals surface area contributed by atoms with Crippen molar-refractivity contribution >= 4 is 17.8 Å². The molecule has 0 saturated carbocycles. The van der Waals surface area contributed by atoms with Crippen LogP contribution in [0.15, 0.2) is 0 Å². The lowest BCUT2D eigenvalue weighted by Crippen LogP contribution is -2.43. The summed E-state index contributed by atoms with van der Waals surface area (Å²) < 4.78 is 0. The van der Waals surface area contributed by atoms with Gasteiger partial charge in [-0.1, -0.05) is 6.92 Å². The van der Waals surface area contributed by atoms with Gasteiger partial charge in [0.05, 0.1) is 12.5 Å². The van der Waals surface area contributed by atoms with E-state index in [1.165, 1.54) is 0 Å². The molecule has 92 valence electrons. The maximum atomic E-state index is 11.2. The van der Waals surface area contributed by atoms with Crippen LogP contribution in [0.25, 0.3) is 0 Å². The number of aliphatic carboxylic acids is 2. The first-order chi connectivity index (χ1) is 7.32. The van der Waals surface area contributed by atoms with E-state index >= 15 is 0 Å². The third-order valence-electron chi connectivity index (χ3n) is 1.88. The minimum absolute atomic E-state index is 0.0611. The molecule has 0 aliphatic carbocycles. The lowest BCUT2D eigenvalue weighted by atomic mass is 10.1. The summed E-state index contributed by atoms with van der Waals surface area (Å²) in [6, 6.07) is -1.10. The lowest BCUT2D eigenvalue weighted by Gasteiger charge is -2.13. The highest BCUT2D eigenvalue weighted by Gasteiger charge is 2.17. The summed E-state index contributed by atoms with van der Waals surface area (Å²) in [5.41, 5.74) is 5.30. The maximum Gasteiger partial charge on any atom is 0.305 e. The Bertz CT molecular complexity index is 279. The van der Waals surface area contributed by atoms with Crippen molar-refractivity contribution in [1.29, 1.82) is 0 Å². The molecule has 1 amide bonds. The first kappa shape index (κ1) is 14.4. The molecule has 0 aliphatic heterocycles. The first-order valence-electron chi connectivity index (χ1n) is 4.79. The second-order valence-corrected chi connectivity index (χ2v) is 3.65. The van der Waals surface area contributed by atoms with Crippen LogP contribution < -0.4 is 11.1 Å². The fraction of sp³-hybridized carbons (Fsp3) is 0.667. The largest absolute Gasteiger partial charge is 0.481 e. The van der Waals surface area contributed by atoms with Crippen LogP contribution in [0.5, 0.6) is 0 Å². The Morgan fingerprint density at radius 1 is 1.19 bits per heavy atom. The fourth-order valence-corrected chi connectivity index (χ4v) is 1.06. The van der Waals surface area contributed by atoms with E-state index in [0.29, 0.717) is 0 Å². The second kappa shape index (κ2) is 6.78. The summed E-state index contributed by atoms with van der Waals surface area (Å²) in [5, 5.41) is 19.3. The third kappa shape index (κ3) is 6.77. The van der Waals surface area contributed by atoms with Crippen molar-refractivity contribution in [3.63, 3.8) is 0 Å². The molecule has 0 aromatic carbocycles. The van der Waals surface area contributed by atoms with E-state index < -0.39 is 30.3 Å². The maximum absolute atomic E-state index is 11.2. The monoisotopic (exact) mass is 232 g/mol. The third-order valence-corrected chi connectivity index (χ3v) is 1.88.